The molecular formula is C21H20N4O2. The smallest absolute Gasteiger partial charge is 0.262 e. The summed E-state index contributed by atoms with van der Waals surface area (Å²) in [6.07, 6.45) is 1.81. The molecule has 136 valence electrons. The van der Waals surface area contributed by atoms with Crippen molar-refractivity contribution < 1.29 is 9.26 Å². The number of rotatable bonds is 4. The minimum atomic E-state index is -0.0158. The maximum absolute atomic E-state index is 9.23. The minimum Gasteiger partial charge on any atom is -0.490 e. The van der Waals surface area contributed by atoms with Gasteiger partial charge < -0.3 is 15.0 Å². The molecule has 27 heavy (non-hydrogen) atoms. The quantitative estimate of drug-likeness (QED) is 0.755. The van der Waals surface area contributed by atoms with Gasteiger partial charge in [-0.2, -0.15) is 10.2 Å². The van der Waals surface area contributed by atoms with Gasteiger partial charge in [-0.25, -0.2) is 0 Å². The molecule has 1 aliphatic rings. The van der Waals surface area contributed by atoms with Gasteiger partial charge in [0.05, 0.1) is 23.3 Å². The third-order valence-corrected chi connectivity index (χ3v) is 4.69. The average Bonchev–Trinajstić information content (AvgIpc) is 3.29. The van der Waals surface area contributed by atoms with Crippen LogP contribution in [0.2, 0.25) is 0 Å². The van der Waals surface area contributed by atoms with E-state index in [2.05, 4.69) is 22.3 Å². The summed E-state index contributed by atoms with van der Waals surface area (Å²) in [5.41, 5.74) is 10.6. The summed E-state index contributed by atoms with van der Waals surface area (Å²) in [7, 11) is 0. The summed E-state index contributed by atoms with van der Waals surface area (Å²) in [4.78, 5) is 4.59. The molecule has 2 aromatic carbocycles. The molecule has 1 heterocycles. The van der Waals surface area contributed by atoms with E-state index in [-0.39, 0.29) is 12.1 Å². The highest BCUT2D eigenvalue weighted by molar-refractivity contribution is 5.69. The van der Waals surface area contributed by atoms with Crippen LogP contribution in [0.4, 0.5) is 0 Å². The molecule has 1 aliphatic carbocycles. The van der Waals surface area contributed by atoms with Gasteiger partial charge in [-0.05, 0) is 56.0 Å². The number of nitrogens with zero attached hydrogens (tertiary/aromatic N) is 3. The van der Waals surface area contributed by atoms with E-state index in [4.69, 9.17) is 15.0 Å². The monoisotopic (exact) mass is 360 g/mol. The zero-order valence-electron chi connectivity index (χ0n) is 15.3. The zero-order valence-corrected chi connectivity index (χ0v) is 15.3. The highest BCUT2D eigenvalue weighted by Crippen LogP contribution is 2.37. The van der Waals surface area contributed by atoms with Crippen molar-refractivity contribution in [3.8, 4) is 34.7 Å². The van der Waals surface area contributed by atoms with Gasteiger partial charge in [-0.3, -0.25) is 0 Å². The number of ether oxygens (including phenoxy) is 1. The number of nitriles is 1. The van der Waals surface area contributed by atoms with E-state index in [1.165, 1.54) is 5.56 Å². The lowest BCUT2D eigenvalue weighted by Crippen LogP contribution is -2.06. The summed E-state index contributed by atoms with van der Waals surface area (Å²) in [6, 6.07) is 13.4. The van der Waals surface area contributed by atoms with E-state index in [9.17, 15) is 5.26 Å². The number of aromatic nitrogens is 2. The molecule has 1 aromatic heterocycles. The second-order valence-electron chi connectivity index (χ2n) is 6.93. The molecule has 6 nitrogen and oxygen atoms in total. The number of nitrogens with two attached hydrogens (primary N) is 1. The first-order valence-electron chi connectivity index (χ1n) is 8.99. The Morgan fingerprint density at radius 3 is 2.89 bits per heavy atom. The van der Waals surface area contributed by atoms with Crippen LogP contribution in [0.5, 0.6) is 5.75 Å². The van der Waals surface area contributed by atoms with Crippen LogP contribution in [0.25, 0.3) is 22.8 Å². The van der Waals surface area contributed by atoms with Gasteiger partial charge in [-0.1, -0.05) is 23.4 Å². The van der Waals surface area contributed by atoms with E-state index in [1.54, 1.807) is 18.2 Å². The fourth-order valence-electron chi connectivity index (χ4n) is 3.46. The molecule has 0 fully saturated rings. The van der Waals surface area contributed by atoms with Crippen molar-refractivity contribution in [3.63, 3.8) is 0 Å². The fourth-order valence-corrected chi connectivity index (χ4v) is 3.46. The van der Waals surface area contributed by atoms with E-state index in [1.807, 2.05) is 26.0 Å². The number of fused-ring (bicyclic) bond motifs is 1. The number of hydrogen-bond acceptors (Lipinski definition) is 6. The third-order valence-electron chi connectivity index (χ3n) is 4.69. The number of hydrogen-bond donors (Lipinski definition) is 1. The molecule has 6 heteroatoms. The molecule has 0 amide bonds. The van der Waals surface area contributed by atoms with Gasteiger partial charge in [0, 0.05) is 11.6 Å². The van der Waals surface area contributed by atoms with Crippen LogP contribution in [-0.2, 0) is 6.42 Å². The Labute approximate surface area is 157 Å². The maximum Gasteiger partial charge on any atom is 0.262 e. The van der Waals surface area contributed by atoms with Crippen molar-refractivity contribution >= 4 is 0 Å². The van der Waals surface area contributed by atoms with Crippen LogP contribution in [0, 0.1) is 11.3 Å². The first kappa shape index (κ1) is 17.3. The fraction of sp³-hybridized carbons (Fsp3) is 0.286. The lowest BCUT2D eigenvalue weighted by molar-refractivity contribution is 0.242. The van der Waals surface area contributed by atoms with E-state index in [0.717, 1.165) is 24.0 Å². The summed E-state index contributed by atoms with van der Waals surface area (Å²) in [6.45, 7) is 3.88. The SMILES string of the molecule is CC(C)Oc1ccc(C#N)cc1-c1nc(-c2cccc3c2CC[C@H]3N)no1. The predicted molar refractivity (Wildman–Crippen MR) is 101 cm³/mol. The first-order chi connectivity index (χ1) is 13.1. The Morgan fingerprint density at radius 2 is 2.11 bits per heavy atom. The van der Waals surface area contributed by atoms with Crippen LogP contribution >= 0.6 is 0 Å². The lowest BCUT2D eigenvalue weighted by atomic mass is 10.0. The zero-order chi connectivity index (χ0) is 19.0. The average molecular weight is 360 g/mol. The van der Waals surface area contributed by atoms with Gasteiger partial charge in [-0.15, -0.1) is 0 Å². The molecule has 1 atom stereocenters. The second kappa shape index (κ2) is 6.86. The normalized spacial score (nSPS) is 15.6. The Morgan fingerprint density at radius 1 is 1.26 bits per heavy atom. The summed E-state index contributed by atoms with van der Waals surface area (Å²) >= 11 is 0. The minimum absolute atomic E-state index is 0.0158. The molecule has 0 unspecified atom stereocenters. The Balaban J connectivity index is 1.77. The van der Waals surface area contributed by atoms with Crippen LogP contribution in [0.1, 0.15) is 43.0 Å². The molecule has 4 rings (SSSR count). The Bertz CT molecular complexity index is 1030. The summed E-state index contributed by atoms with van der Waals surface area (Å²) < 4.78 is 11.4. The van der Waals surface area contributed by atoms with Crippen LogP contribution in [-0.4, -0.2) is 16.2 Å². The summed E-state index contributed by atoms with van der Waals surface area (Å²) in [5.74, 6) is 1.46. The van der Waals surface area contributed by atoms with Crippen molar-refractivity contribution in [1.82, 2.24) is 10.1 Å². The number of benzene rings is 2. The van der Waals surface area contributed by atoms with Crippen molar-refractivity contribution in [3.05, 3.63) is 53.1 Å². The van der Waals surface area contributed by atoms with Gasteiger partial charge in [0.1, 0.15) is 5.75 Å². The van der Waals surface area contributed by atoms with Crippen molar-refractivity contribution in [2.75, 3.05) is 0 Å². The van der Waals surface area contributed by atoms with Crippen LogP contribution in [0.3, 0.4) is 0 Å². The molecule has 0 saturated heterocycles. The second-order valence-corrected chi connectivity index (χ2v) is 6.93. The van der Waals surface area contributed by atoms with Gasteiger partial charge in [0.15, 0.2) is 0 Å². The molecule has 3 aromatic rings. The van der Waals surface area contributed by atoms with Gasteiger partial charge in [0.25, 0.3) is 5.89 Å². The predicted octanol–water partition coefficient (Wildman–Crippen LogP) is 4.01. The standard InChI is InChI=1S/C21H20N4O2/c1-12(2)26-19-9-6-13(11-22)10-17(19)21-24-20(25-27-21)16-5-3-4-15-14(16)7-8-18(15)23/h3-6,9-10,12,18H,7-8,23H2,1-2H3/t18-/m1/s1. The van der Waals surface area contributed by atoms with Crippen LogP contribution < -0.4 is 10.5 Å². The van der Waals surface area contributed by atoms with E-state index < -0.39 is 0 Å². The van der Waals surface area contributed by atoms with Crippen molar-refractivity contribution in [1.29, 1.82) is 5.26 Å². The first-order valence-corrected chi connectivity index (χ1v) is 8.99. The highest BCUT2D eigenvalue weighted by atomic mass is 16.5. The molecule has 0 saturated carbocycles. The molecule has 0 radical (unpaired) electrons. The third kappa shape index (κ3) is 3.18. The molecule has 2 N–H and O–H groups in total. The topological polar surface area (TPSA) is 98.0 Å². The van der Waals surface area contributed by atoms with Crippen molar-refractivity contribution in [2.24, 2.45) is 5.73 Å². The van der Waals surface area contributed by atoms with Gasteiger partial charge in [0.2, 0.25) is 5.82 Å². The highest BCUT2D eigenvalue weighted by Gasteiger charge is 2.24. The van der Waals surface area contributed by atoms with E-state index >= 15 is 0 Å². The molecular weight excluding hydrogens is 340 g/mol. The Kier molecular flexibility index (Phi) is 4.38. The maximum atomic E-state index is 9.23. The molecule has 0 spiro atoms. The van der Waals surface area contributed by atoms with Crippen LogP contribution in [0.15, 0.2) is 40.9 Å². The molecule has 0 bridgehead atoms. The van der Waals surface area contributed by atoms with E-state index in [0.29, 0.717) is 28.6 Å². The van der Waals surface area contributed by atoms with Crippen molar-refractivity contribution in [2.45, 2.75) is 38.8 Å². The molecule has 0 aliphatic heterocycles. The summed E-state index contributed by atoms with van der Waals surface area (Å²) in [5, 5.41) is 13.4. The Hall–Kier alpha value is -3.17. The lowest BCUT2D eigenvalue weighted by Gasteiger charge is -2.12. The van der Waals surface area contributed by atoms with Gasteiger partial charge >= 0.3 is 0 Å². The largest absolute Gasteiger partial charge is 0.490 e.